The molecule has 2 aliphatic rings. The van der Waals surface area contributed by atoms with Crippen LogP contribution < -0.4 is 4.90 Å². The molecular weight excluding hydrogens is 391 g/mol. The van der Waals surface area contributed by atoms with Crippen LogP contribution in [0.15, 0.2) is 48.5 Å². The van der Waals surface area contributed by atoms with Gasteiger partial charge in [0.1, 0.15) is 0 Å². The summed E-state index contributed by atoms with van der Waals surface area (Å²) < 4.78 is 38.9. The normalized spacial score (nSPS) is 18.1. The number of likely N-dealkylation sites (tertiary alicyclic amines) is 1. The van der Waals surface area contributed by atoms with Crippen molar-refractivity contribution in [3.63, 3.8) is 0 Å². The smallest absolute Gasteiger partial charge is 0.369 e. The van der Waals surface area contributed by atoms with Gasteiger partial charge in [0.05, 0.1) is 5.56 Å². The second-order valence-electron chi connectivity index (χ2n) is 8.01. The van der Waals surface area contributed by atoms with E-state index in [1.54, 1.807) is 6.07 Å². The Morgan fingerprint density at radius 1 is 0.867 bits per heavy atom. The zero-order valence-corrected chi connectivity index (χ0v) is 16.9. The van der Waals surface area contributed by atoms with Crippen molar-refractivity contribution >= 4 is 11.6 Å². The fourth-order valence-electron chi connectivity index (χ4n) is 4.16. The number of carbonyl (C=O) groups excluding carboxylic acids is 1. The van der Waals surface area contributed by atoms with Gasteiger partial charge in [0.15, 0.2) is 0 Å². The first-order valence-corrected chi connectivity index (χ1v) is 10.4. The number of carbonyl (C=O) groups is 1. The SMILES string of the molecule is O=C(c1ccc(CN2CCN(c3cccc(C(F)(F)F)c3)CC2)cc1)N1CCCC1. The Morgan fingerprint density at radius 2 is 1.53 bits per heavy atom. The molecule has 1 amide bonds. The second-order valence-corrected chi connectivity index (χ2v) is 8.01. The minimum atomic E-state index is -4.32. The standard InChI is InChI=1S/C23H26F3N3O/c24-23(25,26)20-4-3-5-21(16-20)28-14-12-27(13-15-28)17-18-6-8-19(9-7-18)22(30)29-10-1-2-11-29/h3-9,16H,1-2,10-15,17H2. The molecule has 4 nitrogen and oxygen atoms in total. The summed E-state index contributed by atoms with van der Waals surface area (Å²) in [6.07, 6.45) is -2.16. The molecule has 2 saturated heterocycles. The molecular formula is C23H26F3N3O. The van der Waals surface area contributed by atoms with E-state index in [0.717, 1.165) is 62.8 Å². The average molecular weight is 417 g/mol. The van der Waals surface area contributed by atoms with E-state index in [1.807, 2.05) is 34.1 Å². The molecule has 160 valence electrons. The fourth-order valence-corrected chi connectivity index (χ4v) is 4.16. The lowest BCUT2D eigenvalue weighted by atomic mass is 10.1. The van der Waals surface area contributed by atoms with Crippen molar-refractivity contribution in [2.75, 3.05) is 44.2 Å². The summed E-state index contributed by atoms with van der Waals surface area (Å²) in [7, 11) is 0. The number of hydrogen-bond acceptors (Lipinski definition) is 3. The van der Waals surface area contributed by atoms with Crippen molar-refractivity contribution in [2.45, 2.75) is 25.6 Å². The summed E-state index contributed by atoms with van der Waals surface area (Å²) in [6, 6.07) is 13.3. The molecule has 7 heteroatoms. The highest BCUT2D eigenvalue weighted by molar-refractivity contribution is 5.94. The molecule has 0 unspecified atom stereocenters. The van der Waals surface area contributed by atoms with Crippen LogP contribution in [0.3, 0.4) is 0 Å². The molecule has 2 fully saturated rings. The predicted molar refractivity (Wildman–Crippen MR) is 111 cm³/mol. The average Bonchev–Trinajstić information content (AvgIpc) is 3.29. The minimum absolute atomic E-state index is 0.105. The van der Waals surface area contributed by atoms with Gasteiger partial charge in [0.2, 0.25) is 0 Å². The lowest BCUT2D eigenvalue weighted by Gasteiger charge is -2.36. The van der Waals surface area contributed by atoms with Crippen LogP contribution in [0, 0.1) is 0 Å². The van der Waals surface area contributed by atoms with Gasteiger partial charge in [-0.3, -0.25) is 9.69 Å². The maximum Gasteiger partial charge on any atom is 0.416 e. The van der Waals surface area contributed by atoms with E-state index in [-0.39, 0.29) is 5.91 Å². The molecule has 2 aliphatic heterocycles. The number of piperazine rings is 1. The van der Waals surface area contributed by atoms with Crippen molar-refractivity contribution in [3.8, 4) is 0 Å². The third-order valence-corrected chi connectivity index (χ3v) is 5.91. The van der Waals surface area contributed by atoms with E-state index in [0.29, 0.717) is 18.8 Å². The van der Waals surface area contributed by atoms with Crippen LogP contribution >= 0.6 is 0 Å². The Bertz CT molecular complexity index is 868. The number of halogens is 3. The summed E-state index contributed by atoms with van der Waals surface area (Å²) >= 11 is 0. The van der Waals surface area contributed by atoms with E-state index < -0.39 is 11.7 Å². The summed E-state index contributed by atoms with van der Waals surface area (Å²) in [5.74, 6) is 0.105. The summed E-state index contributed by atoms with van der Waals surface area (Å²) in [5.41, 5.74) is 1.88. The fraction of sp³-hybridized carbons (Fsp3) is 0.435. The second kappa shape index (κ2) is 8.68. The largest absolute Gasteiger partial charge is 0.416 e. The molecule has 2 heterocycles. The van der Waals surface area contributed by atoms with Crippen LogP contribution in [-0.2, 0) is 12.7 Å². The number of alkyl halides is 3. The van der Waals surface area contributed by atoms with Crippen LogP contribution in [0.5, 0.6) is 0 Å². The maximum absolute atomic E-state index is 13.0. The van der Waals surface area contributed by atoms with E-state index in [1.165, 1.54) is 12.1 Å². The number of anilines is 1. The molecule has 0 spiro atoms. The molecule has 2 aromatic rings. The molecule has 0 aromatic heterocycles. The third kappa shape index (κ3) is 4.78. The number of rotatable bonds is 4. The van der Waals surface area contributed by atoms with E-state index in [2.05, 4.69) is 4.90 Å². The number of hydrogen-bond donors (Lipinski definition) is 0. The van der Waals surface area contributed by atoms with Crippen LogP contribution in [0.2, 0.25) is 0 Å². The lowest BCUT2D eigenvalue weighted by Crippen LogP contribution is -2.46. The van der Waals surface area contributed by atoms with Gasteiger partial charge >= 0.3 is 6.18 Å². The Morgan fingerprint density at radius 3 is 2.17 bits per heavy atom. The van der Waals surface area contributed by atoms with Crippen LogP contribution in [0.25, 0.3) is 0 Å². The molecule has 4 rings (SSSR count). The summed E-state index contributed by atoms with van der Waals surface area (Å²) in [4.78, 5) is 18.6. The van der Waals surface area contributed by atoms with Crippen molar-refractivity contribution < 1.29 is 18.0 Å². The van der Waals surface area contributed by atoms with E-state index >= 15 is 0 Å². The molecule has 0 radical (unpaired) electrons. The Hall–Kier alpha value is -2.54. The first-order valence-electron chi connectivity index (χ1n) is 10.4. The first-order chi connectivity index (χ1) is 14.4. The quantitative estimate of drug-likeness (QED) is 0.744. The van der Waals surface area contributed by atoms with Crippen molar-refractivity contribution in [1.29, 1.82) is 0 Å². The number of benzene rings is 2. The maximum atomic E-state index is 13.0. The highest BCUT2D eigenvalue weighted by Gasteiger charge is 2.31. The van der Waals surface area contributed by atoms with Crippen LogP contribution in [0.1, 0.15) is 34.3 Å². The Kier molecular flexibility index (Phi) is 5.99. The number of amides is 1. The highest BCUT2D eigenvalue weighted by atomic mass is 19.4. The van der Waals surface area contributed by atoms with Gasteiger partial charge in [-0.05, 0) is 48.7 Å². The van der Waals surface area contributed by atoms with Gasteiger partial charge in [-0.15, -0.1) is 0 Å². The van der Waals surface area contributed by atoms with Gasteiger partial charge in [0.25, 0.3) is 5.91 Å². The third-order valence-electron chi connectivity index (χ3n) is 5.91. The van der Waals surface area contributed by atoms with Gasteiger partial charge < -0.3 is 9.80 Å². The van der Waals surface area contributed by atoms with Gasteiger partial charge in [-0.2, -0.15) is 13.2 Å². The van der Waals surface area contributed by atoms with E-state index in [4.69, 9.17) is 0 Å². The van der Waals surface area contributed by atoms with Gasteiger partial charge in [-0.25, -0.2) is 0 Å². The van der Waals surface area contributed by atoms with Crippen molar-refractivity contribution in [2.24, 2.45) is 0 Å². The Labute approximate surface area is 174 Å². The molecule has 2 aromatic carbocycles. The molecule has 0 saturated carbocycles. The highest BCUT2D eigenvalue weighted by Crippen LogP contribution is 2.32. The molecule has 0 aliphatic carbocycles. The van der Waals surface area contributed by atoms with Gasteiger partial charge in [-0.1, -0.05) is 18.2 Å². The van der Waals surface area contributed by atoms with Crippen molar-refractivity contribution in [1.82, 2.24) is 9.80 Å². The summed E-state index contributed by atoms with van der Waals surface area (Å²) in [6.45, 7) is 5.40. The molecule has 0 atom stereocenters. The zero-order valence-electron chi connectivity index (χ0n) is 16.9. The molecule has 0 bridgehead atoms. The van der Waals surface area contributed by atoms with Crippen molar-refractivity contribution in [3.05, 3.63) is 65.2 Å². The Balaban J connectivity index is 1.31. The van der Waals surface area contributed by atoms with Crippen LogP contribution in [-0.4, -0.2) is 55.0 Å². The van der Waals surface area contributed by atoms with Gasteiger partial charge in [0, 0.05) is 57.1 Å². The lowest BCUT2D eigenvalue weighted by molar-refractivity contribution is -0.137. The number of nitrogens with zero attached hydrogens (tertiary/aromatic N) is 3. The predicted octanol–water partition coefficient (Wildman–Crippen LogP) is 4.26. The molecule has 30 heavy (non-hydrogen) atoms. The summed E-state index contributed by atoms with van der Waals surface area (Å²) in [5, 5.41) is 0. The monoisotopic (exact) mass is 417 g/mol. The topological polar surface area (TPSA) is 26.8 Å². The van der Waals surface area contributed by atoms with E-state index in [9.17, 15) is 18.0 Å². The minimum Gasteiger partial charge on any atom is -0.369 e. The zero-order chi connectivity index (χ0) is 21.1. The first kappa shape index (κ1) is 20.7. The van der Waals surface area contributed by atoms with Crippen LogP contribution in [0.4, 0.5) is 18.9 Å². The molecule has 0 N–H and O–H groups in total.